The summed E-state index contributed by atoms with van der Waals surface area (Å²) in [5.74, 6) is 0.315. The van der Waals surface area contributed by atoms with Gasteiger partial charge in [-0.25, -0.2) is 9.97 Å². The van der Waals surface area contributed by atoms with Gasteiger partial charge in [-0.2, -0.15) is 0 Å². The average molecular weight is 448 g/mol. The van der Waals surface area contributed by atoms with E-state index in [4.69, 9.17) is 20.8 Å². The van der Waals surface area contributed by atoms with Crippen molar-refractivity contribution in [2.24, 2.45) is 0 Å². The highest BCUT2D eigenvalue weighted by Crippen LogP contribution is 2.40. The number of amides is 1. The third kappa shape index (κ3) is 3.31. The summed E-state index contributed by atoms with van der Waals surface area (Å²) in [5, 5.41) is 0.715. The van der Waals surface area contributed by atoms with Crippen molar-refractivity contribution in [1.29, 1.82) is 0 Å². The number of carbonyl (C=O) groups is 1. The van der Waals surface area contributed by atoms with Gasteiger partial charge in [0.1, 0.15) is 11.3 Å². The minimum Gasteiger partial charge on any atom is -0.494 e. The summed E-state index contributed by atoms with van der Waals surface area (Å²) < 4.78 is 11.7. The lowest BCUT2D eigenvalue weighted by Crippen LogP contribution is -2.31. The summed E-state index contributed by atoms with van der Waals surface area (Å²) in [5.41, 5.74) is 0.887. The molecule has 7 nitrogen and oxygen atoms in total. The maximum Gasteiger partial charge on any atom is 0.297 e. The first-order valence-corrected chi connectivity index (χ1v) is 10.6. The SMILES string of the molecule is CCCOc1cccc(C2c3c(oc4ccc(Cl)cc4c3=O)C(=O)N2c2ncccn2)c1. The summed E-state index contributed by atoms with van der Waals surface area (Å²) in [6.07, 6.45) is 3.94. The molecule has 0 saturated heterocycles. The molecule has 8 heteroatoms. The van der Waals surface area contributed by atoms with Crippen molar-refractivity contribution in [3.8, 4) is 5.75 Å². The van der Waals surface area contributed by atoms with Gasteiger partial charge in [-0.3, -0.25) is 14.5 Å². The molecule has 0 radical (unpaired) electrons. The van der Waals surface area contributed by atoms with Crippen LogP contribution < -0.4 is 15.1 Å². The van der Waals surface area contributed by atoms with Gasteiger partial charge >= 0.3 is 0 Å². The first kappa shape index (κ1) is 20.2. The fraction of sp³-hybridized carbons (Fsp3) is 0.167. The summed E-state index contributed by atoms with van der Waals surface area (Å²) in [4.78, 5) is 36.9. The van der Waals surface area contributed by atoms with Crippen LogP contribution in [0.4, 0.5) is 5.95 Å². The highest BCUT2D eigenvalue weighted by Gasteiger charge is 2.45. The van der Waals surface area contributed by atoms with Crippen LogP contribution in [0, 0.1) is 0 Å². The van der Waals surface area contributed by atoms with Crippen molar-refractivity contribution in [2.75, 3.05) is 11.5 Å². The van der Waals surface area contributed by atoms with Crippen molar-refractivity contribution < 1.29 is 13.9 Å². The second-order valence-corrected chi connectivity index (χ2v) is 7.80. The van der Waals surface area contributed by atoms with Gasteiger partial charge < -0.3 is 9.15 Å². The van der Waals surface area contributed by atoms with Gasteiger partial charge in [-0.1, -0.05) is 30.7 Å². The fourth-order valence-corrected chi connectivity index (χ4v) is 4.05. The monoisotopic (exact) mass is 447 g/mol. The summed E-state index contributed by atoms with van der Waals surface area (Å²) in [7, 11) is 0. The molecule has 0 saturated carbocycles. The largest absolute Gasteiger partial charge is 0.494 e. The number of halogens is 1. The Bertz CT molecular complexity index is 1390. The molecule has 1 aliphatic rings. The first-order chi connectivity index (χ1) is 15.6. The zero-order valence-electron chi connectivity index (χ0n) is 17.1. The second kappa shape index (κ2) is 8.09. The molecule has 0 bridgehead atoms. The normalized spacial score (nSPS) is 15.2. The number of hydrogen-bond donors (Lipinski definition) is 0. The van der Waals surface area contributed by atoms with E-state index in [2.05, 4.69) is 9.97 Å². The van der Waals surface area contributed by atoms with E-state index in [0.717, 1.165) is 6.42 Å². The molecule has 1 amide bonds. The highest BCUT2D eigenvalue weighted by molar-refractivity contribution is 6.31. The molecule has 1 atom stereocenters. The number of rotatable bonds is 5. The van der Waals surface area contributed by atoms with E-state index in [1.165, 1.54) is 4.90 Å². The Morgan fingerprint density at radius 3 is 2.69 bits per heavy atom. The number of aromatic nitrogens is 2. The maximum absolute atomic E-state index is 13.6. The second-order valence-electron chi connectivity index (χ2n) is 7.36. The van der Waals surface area contributed by atoms with E-state index in [1.54, 1.807) is 36.7 Å². The zero-order chi connectivity index (χ0) is 22.2. The lowest BCUT2D eigenvalue weighted by atomic mass is 9.98. The van der Waals surface area contributed by atoms with Crippen LogP contribution in [0.1, 0.15) is 41.1 Å². The van der Waals surface area contributed by atoms with Crippen molar-refractivity contribution in [3.05, 3.63) is 93.1 Å². The van der Waals surface area contributed by atoms with Crippen molar-refractivity contribution in [1.82, 2.24) is 9.97 Å². The van der Waals surface area contributed by atoms with Gasteiger partial charge in [0.15, 0.2) is 5.43 Å². The fourth-order valence-electron chi connectivity index (χ4n) is 3.88. The van der Waals surface area contributed by atoms with Gasteiger partial charge in [0.2, 0.25) is 11.7 Å². The molecule has 2 aromatic heterocycles. The van der Waals surface area contributed by atoms with Crippen molar-refractivity contribution in [2.45, 2.75) is 19.4 Å². The van der Waals surface area contributed by atoms with Crippen LogP contribution in [0.3, 0.4) is 0 Å². The Balaban J connectivity index is 1.76. The molecule has 32 heavy (non-hydrogen) atoms. The van der Waals surface area contributed by atoms with Crippen molar-refractivity contribution >= 4 is 34.4 Å². The minimum absolute atomic E-state index is 0.0258. The van der Waals surface area contributed by atoms with Crippen LogP contribution in [0.15, 0.2) is 70.1 Å². The lowest BCUT2D eigenvalue weighted by molar-refractivity contribution is 0.0969. The molecule has 4 aromatic rings. The predicted molar refractivity (Wildman–Crippen MR) is 120 cm³/mol. The number of benzene rings is 2. The number of anilines is 1. The van der Waals surface area contributed by atoms with Gasteiger partial charge in [-0.05, 0) is 48.4 Å². The van der Waals surface area contributed by atoms with Crippen LogP contribution in [0.5, 0.6) is 5.75 Å². The molecule has 0 aliphatic carbocycles. The van der Waals surface area contributed by atoms with Crippen LogP contribution in [0.2, 0.25) is 5.02 Å². The van der Waals surface area contributed by atoms with Crippen LogP contribution in [0.25, 0.3) is 11.0 Å². The van der Waals surface area contributed by atoms with E-state index < -0.39 is 11.9 Å². The smallest absolute Gasteiger partial charge is 0.297 e. The Labute approximate surface area is 188 Å². The number of fused-ring (bicyclic) bond motifs is 2. The Morgan fingerprint density at radius 1 is 1.09 bits per heavy atom. The number of carbonyl (C=O) groups excluding carboxylic acids is 1. The molecule has 2 aromatic carbocycles. The molecule has 1 unspecified atom stereocenters. The van der Waals surface area contributed by atoms with Crippen LogP contribution in [-0.4, -0.2) is 22.5 Å². The van der Waals surface area contributed by atoms with E-state index in [-0.39, 0.29) is 22.7 Å². The van der Waals surface area contributed by atoms with Crippen LogP contribution >= 0.6 is 11.6 Å². The first-order valence-electron chi connectivity index (χ1n) is 10.2. The molecule has 0 fully saturated rings. The highest BCUT2D eigenvalue weighted by atomic mass is 35.5. The van der Waals surface area contributed by atoms with E-state index >= 15 is 0 Å². The maximum atomic E-state index is 13.6. The Kier molecular flexibility index (Phi) is 5.11. The Morgan fingerprint density at radius 2 is 1.91 bits per heavy atom. The Hall–Kier alpha value is -3.71. The number of nitrogens with zero attached hydrogens (tertiary/aromatic N) is 3. The molecule has 160 valence electrons. The van der Waals surface area contributed by atoms with Crippen molar-refractivity contribution in [3.63, 3.8) is 0 Å². The quantitative estimate of drug-likeness (QED) is 0.438. The van der Waals surface area contributed by atoms with E-state index in [1.807, 2.05) is 31.2 Å². The minimum atomic E-state index is -0.773. The molecular weight excluding hydrogens is 430 g/mol. The molecule has 0 spiro atoms. The van der Waals surface area contributed by atoms with Crippen LogP contribution in [-0.2, 0) is 0 Å². The molecule has 1 aliphatic heterocycles. The summed E-state index contributed by atoms with van der Waals surface area (Å²) in [6, 6.07) is 13.0. The predicted octanol–water partition coefficient (Wildman–Crippen LogP) is 4.78. The van der Waals surface area contributed by atoms with Gasteiger partial charge in [0.05, 0.1) is 23.6 Å². The third-order valence-electron chi connectivity index (χ3n) is 5.25. The van der Waals surface area contributed by atoms with E-state index in [9.17, 15) is 9.59 Å². The molecule has 3 heterocycles. The average Bonchev–Trinajstić information content (AvgIpc) is 3.11. The lowest BCUT2D eigenvalue weighted by Gasteiger charge is -2.23. The summed E-state index contributed by atoms with van der Waals surface area (Å²) in [6.45, 7) is 2.58. The molecule has 5 rings (SSSR count). The summed E-state index contributed by atoms with van der Waals surface area (Å²) >= 11 is 6.12. The topological polar surface area (TPSA) is 85.5 Å². The molecule has 0 N–H and O–H groups in total. The molecular formula is C24H18ClN3O4. The van der Waals surface area contributed by atoms with Gasteiger partial charge in [-0.15, -0.1) is 0 Å². The zero-order valence-corrected chi connectivity index (χ0v) is 17.9. The third-order valence-corrected chi connectivity index (χ3v) is 5.48. The number of ether oxygens (including phenoxy) is 1. The van der Waals surface area contributed by atoms with Gasteiger partial charge in [0, 0.05) is 17.4 Å². The van der Waals surface area contributed by atoms with Gasteiger partial charge in [0.25, 0.3) is 5.91 Å². The standard InChI is InChI=1S/C24H18ClN3O4/c1-2-11-31-16-6-3-5-14(12-16)20-19-21(29)17-13-15(25)7-8-18(17)32-22(19)23(30)28(20)24-26-9-4-10-27-24/h3-10,12-13,20H,2,11H2,1H3. The number of hydrogen-bond acceptors (Lipinski definition) is 6. The van der Waals surface area contributed by atoms with E-state index in [0.29, 0.717) is 33.9 Å².